The molecule has 0 saturated carbocycles. The minimum absolute atomic E-state index is 0.164. The molecule has 72 valence electrons. The molecule has 7 heteroatoms. The van der Waals surface area contributed by atoms with E-state index in [9.17, 15) is 13.2 Å². The van der Waals surface area contributed by atoms with Crippen LogP contribution in [0, 0.1) is 0 Å². The van der Waals surface area contributed by atoms with Crippen molar-refractivity contribution in [1.82, 2.24) is 0 Å². The fourth-order valence-corrected chi connectivity index (χ4v) is 1.20. The predicted molar refractivity (Wildman–Crippen MR) is 42.6 cm³/mol. The van der Waals surface area contributed by atoms with Gasteiger partial charge in [-0.1, -0.05) is 0 Å². The molecule has 0 fully saturated rings. The molecular formula is C5H12N2O4S. The minimum atomic E-state index is -3.71. The lowest BCUT2D eigenvalue weighted by Gasteiger charge is -2.07. The van der Waals surface area contributed by atoms with E-state index in [1.165, 1.54) is 0 Å². The maximum absolute atomic E-state index is 10.8. The summed E-state index contributed by atoms with van der Waals surface area (Å²) in [6, 6.07) is -1.19. The number of nitrogens with two attached hydrogens (primary N) is 2. The van der Waals surface area contributed by atoms with Crippen molar-refractivity contribution >= 4 is 16.0 Å². The second-order valence-corrected chi connectivity index (χ2v) is 3.85. The Morgan fingerprint density at radius 1 is 1.58 bits per heavy atom. The number of primary sulfonamides is 1. The van der Waals surface area contributed by atoms with Gasteiger partial charge in [-0.3, -0.25) is 4.79 Å². The molecule has 0 saturated heterocycles. The van der Waals surface area contributed by atoms with Gasteiger partial charge in [0.1, 0.15) is 6.04 Å². The topological polar surface area (TPSA) is 112 Å². The smallest absolute Gasteiger partial charge is 0.324 e. The Morgan fingerprint density at radius 2 is 2.08 bits per heavy atom. The number of carbonyl (C=O) groups is 1. The molecule has 4 N–H and O–H groups in total. The maximum Gasteiger partial charge on any atom is 0.324 e. The lowest BCUT2D eigenvalue weighted by molar-refractivity contribution is -0.144. The van der Waals surface area contributed by atoms with Crippen LogP contribution in [0.4, 0.5) is 0 Å². The summed E-state index contributed by atoms with van der Waals surface area (Å²) in [5, 5.41) is 4.65. The summed E-state index contributed by atoms with van der Waals surface area (Å²) < 4.78 is 25.3. The van der Waals surface area contributed by atoms with Crippen LogP contribution >= 0.6 is 0 Å². The molecule has 0 heterocycles. The van der Waals surface area contributed by atoms with Gasteiger partial charge in [0, 0.05) is 0 Å². The van der Waals surface area contributed by atoms with Crippen LogP contribution in [0.25, 0.3) is 0 Å². The molecular weight excluding hydrogens is 184 g/mol. The standard InChI is InChI=1S/C5H12N2O4S/c1-2-11-5(8)4(6)3-12(7,9)10/h4H,2-3,6H2,1H3,(H2,7,9,10). The number of sulfonamides is 1. The van der Waals surface area contributed by atoms with E-state index >= 15 is 0 Å². The van der Waals surface area contributed by atoms with E-state index in [1.54, 1.807) is 6.92 Å². The summed E-state index contributed by atoms with van der Waals surface area (Å²) in [5.74, 6) is -1.35. The van der Waals surface area contributed by atoms with Crippen molar-refractivity contribution in [2.45, 2.75) is 13.0 Å². The molecule has 0 spiro atoms. The summed E-state index contributed by atoms with van der Waals surface area (Å²) in [5.41, 5.74) is 5.16. The molecule has 1 atom stereocenters. The van der Waals surface area contributed by atoms with E-state index in [-0.39, 0.29) is 6.61 Å². The Morgan fingerprint density at radius 3 is 2.42 bits per heavy atom. The highest BCUT2D eigenvalue weighted by atomic mass is 32.2. The molecule has 6 nitrogen and oxygen atoms in total. The summed E-state index contributed by atoms with van der Waals surface area (Å²) >= 11 is 0. The van der Waals surface area contributed by atoms with Gasteiger partial charge >= 0.3 is 5.97 Å². The van der Waals surface area contributed by atoms with Gasteiger partial charge in [0.2, 0.25) is 10.0 Å². The first-order valence-corrected chi connectivity index (χ1v) is 5.01. The van der Waals surface area contributed by atoms with Crippen molar-refractivity contribution in [3.8, 4) is 0 Å². The largest absolute Gasteiger partial charge is 0.465 e. The summed E-state index contributed by atoms with van der Waals surface area (Å²) in [4.78, 5) is 10.8. The van der Waals surface area contributed by atoms with Gasteiger partial charge in [-0.2, -0.15) is 0 Å². The molecule has 0 aromatic heterocycles. The van der Waals surface area contributed by atoms with Gasteiger partial charge in [0.25, 0.3) is 0 Å². The van der Waals surface area contributed by atoms with E-state index in [0.717, 1.165) is 0 Å². The number of rotatable bonds is 4. The van der Waals surface area contributed by atoms with Crippen LogP contribution in [0.2, 0.25) is 0 Å². The van der Waals surface area contributed by atoms with Crippen LogP contribution in [0.5, 0.6) is 0 Å². The molecule has 0 aromatic rings. The average Bonchev–Trinajstić information content (AvgIpc) is 1.84. The van der Waals surface area contributed by atoms with Gasteiger partial charge < -0.3 is 10.5 Å². The molecule has 0 aliphatic heterocycles. The number of hydrogen-bond acceptors (Lipinski definition) is 5. The van der Waals surface area contributed by atoms with Crippen molar-refractivity contribution in [1.29, 1.82) is 0 Å². The van der Waals surface area contributed by atoms with E-state index in [1.807, 2.05) is 0 Å². The number of hydrogen-bond donors (Lipinski definition) is 2. The monoisotopic (exact) mass is 196 g/mol. The predicted octanol–water partition coefficient (Wildman–Crippen LogP) is -1.83. The van der Waals surface area contributed by atoms with Gasteiger partial charge in [-0.25, -0.2) is 13.6 Å². The second-order valence-electron chi connectivity index (χ2n) is 2.19. The summed E-state index contributed by atoms with van der Waals surface area (Å²) in [7, 11) is -3.71. The highest BCUT2D eigenvalue weighted by Gasteiger charge is 2.19. The lowest BCUT2D eigenvalue weighted by Crippen LogP contribution is -2.40. The van der Waals surface area contributed by atoms with Crippen LogP contribution in [-0.4, -0.2) is 32.8 Å². The lowest BCUT2D eigenvalue weighted by atomic mass is 10.4. The minimum Gasteiger partial charge on any atom is -0.465 e. The first-order chi connectivity index (χ1) is 5.37. The normalized spacial score (nSPS) is 13.9. The van der Waals surface area contributed by atoms with Crippen LogP contribution < -0.4 is 10.9 Å². The molecule has 0 aliphatic rings. The van der Waals surface area contributed by atoms with Gasteiger partial charge in [0.15, 0.2) is 0 Å². The van der Waals surface area contributed by atoms with Crippen molar-refractivity contribution in [2.75, 3.05) is 12.4 Å². The van der Waals surface area contributed by atoms with E-state index < -0.39 is 27.8 Å². The third-order valence-electron chi connectivity index (χ3n) is 1.00. The maximum atomic E-state index is 10.8. The number of ether oxygens (including phenoxy) is 1. The van der Waals surface area contributed by atoms with Crippen LogP contribution in [0.1, 0.15) is 6.92 Å². The zero-order valence-corrected chi connectivity index (χ0v) is 7.50. The summed E-state index contributed by atoms with van der Waals surface area (Å²) in [6.07, 6.45) is 0. The molecule has 12 heavy (non-hydrogen) atoms. The third kappa shape index (κ3) is 5.05. The Bertz CT molecular complexity index is 248. The van der Waals surface area contributed by atoms with Gasteiger partial charge in [0.05, 0.1) is 12.4 Å². The first kappa shape index (κ1) is 11.3. The van der Waals surface area contributed by atoms with Crippen molar-refractivity contribution in [3.05, 3.63) is 0 Å². The molecule has 1 unspecified atom stereocenters. The number of carbonyl (C=O) groups excluding carboxylic acids is 1. The fourth-order valence-electron chi connectivity index (χ4n) is 0.568. The molecule has 0 amide bonds. The second kappa shape index (κ2) is 4.39. The zero-order chi connectivity index (χ0) is 9.78. The van der Waals surface area contributed by atoms with Crippen molar-refractivity contribution < 1.29 is 17.9 Å². The van der Waals surface area contributed by atoms with Crippen molar-refractivity contribution in [3.63, 3.8) is 0 Å². The van der Waals surface area contributed by atoms with Gasteiger partial charge in [-0.15, -0.1) is 0 Å². The van der Waals surface area contributed by atoms with Crippen LogP contribution in [-0.2, 0) is 19.6 Å². The zero-order valence-electron chi connectivity index (χ0n) is 6.69. The Hall–Kier alpha value is -0.660. The average molecular weight is 196 g/mol. The van der Waals surface area contributed by atoms with Gasteiger partial charge in [-0.05, 0) is 6.92 Å². The van der Waals surface area contributed by atoms with E-state index in [2.05, 4.69) is 9.88 Å². The summed E-state index contributed by atoms with van der Waals surface area (Å²) in [6.45, 7) is 1.76. The molecule has 0 rings (SSSR count). The molecule has 0 radical (unpaired) electrons. The Kier molecular flexibility index (Phi) is 4.15. The number of esters is 1. The highest BCUT2D eigenvalue weighted by Crippen LogP contribution is 1.89. The third-order valence-corrected chi connectivity index (χ3v) is 1.82. The van der Waals surface area contributed by atoms with Crippen LogP contribution in [0.15, 0.2) is 0 Å². The molecule has 0 aromatic carbocycles. The molecule has 0 aliphatic carbocycles. The SMILES string of the molecule is CCOC(=O)C(N)CS(N)(=O)=O. The van der Waals surface area contributed by atoms with E-state index in [4.69, 9.17) is 5.73 Å². The quantitative estimate of drug-likeness (QED) is 0.513. The Labute approximate surface area is 70.9 Å². The highest BCUT2D eigenvalue weighted by molar-refractivity contribution is 7.89. The van der Waals surface area contributed by atoms with Crippen LogP contribution in [0.3, 0.4) is 0 Å². The molecule has 0 bridgehead atoms. The first-order valence-electron chi connectivity index (χ1n) is 3.29. The Balaban J connectivity index is 4.05. The fraction of sp³-hybridized carbons (Fsp3) is 0.800. The van der Waals surface area contributed by atoms with Crippen molar-refractivity contribution in [2.24, 2.45) is 10.9 Å². The van der Waals surface area contributed by atoms with E-state index in [0.29, 0.717) is 0 Å².